The third kappa shape index (κ3) is 5.88. The normalized spacial score (nSPS) is 12.0. The molecule has 0 heterocycles. The van der Waals surface area contributed by atoms with Crippen LogP contribution in [0.4, 0.5) is 4.39 Å². The molecular weight excluding hydrogens is 381 g/mol. The molecule has 0 fully saturated rings. The summed E-state index contributed by atoms with van der Waals surface area (Å²) in [5, 5.41) is 2.71. The summed E-state index contributed by atoms with van der Waals surface area (Å²) in [5.74, 6) is -0.245. The van der Waals surface area contributed by atoms with Crippen LogP contribution in [0.25, 0.3) is 0 Å². The highest BCUT2D eigenvalue weighted by molar-refractivity contribution is 9.10. The fourth-order valence-electron chi connectivity index (χ4n) is 2.03. The highest BCUT2D eigenvalue weighted by Crippen LogP contribution is 2.12. The number of carbonyl (C=O) groups is 1. The topological polar surface area (TPSA) is 46.2 Å². The number of halogens is 2. The van der Waals surface area contributed by atoms with Crippen LogP contribution < -0.4 is 5.32 Å². The van der Waals surface area contributed by atoms with Crippen molar-refractivity contribution in [2.75, 3.05) is 5.75 Å². The predicted octanol–water partition coefficient (Wildman–Crippen LogP) is 3.46. The van der Waals surface area contributed by atoms with Crippen molar-refractivity contribution in [2.45, 2.75) is 19.2 Å². The van der Waals surface area contributed by atoms with Crippen molar-refractivity contribution in [3.05, 3.63) is 69.4 Å². The van der Waals surface area contributed by atoms with E-state index in [2.05, 4.69) is 21.2 Å². The number of aryl methyl sites for hydroxylation is 1. The fourth-order valence-corrected chi connectivity index (χ4v) is 3.36. The molecular formula is C17H17BrFNO2S. The Morgan fingerprint density at radius 1 is 1.17 bits per heavy atom. The van der Waals surface area contributed by atoms with E-state index >= 15 is 0 Å². The van der Waals surface area contributed by atoms with E-state index in [0.29, 0.717) is 17.9 Å². The maximum Gasteiger partial charge on any atom is 0.232 e. The first-order valence-electron chi connectivity index (χ1n) is 7.05. The molecule has 0 aliphatic rings. The van der Waals surface area contributed by atoms with Gasteiger partial charge in [0, 0.05) is 27.6 Å². The lowest BCUT2D eigenvalue weighted by atomic mass is 10.1. The molecule has 0 aromatic heterocycles. The molecule has 0 bridgehead atoms. The van der Waals surface area contributed by atoms with Gasteiger partial charge < -0.3 is 5.32 Å². The number of rotatable bonds is 6. The number of benzene rings is 2. The maximum absolute atomic E-state index is 13.2. The van der Waals surface area contributed by atoms with Gasteiger partial charge in [0.1, 0.15) is 11.6 Å². The van der Waals surface area contributed by atoms with Crippen molar-refractivity contribution in [3.63, 3.8) is 0 Å². The molecule has 1 unspecified atom stereocenters. The Kier molecular flexibility index (Phi) is 6.47. The molecule has 0 radical (unpaired) electrons. The van der Waals surface area contributed by atoms with Crippen LogP contribution in [-0.2, 0) is 27.9 Å². The van der Waals surface area contributed by atoms with Gasteiger partial charge in [-0.25, -0.2) is 4.39 Å². The first kappa shape index (κ1) is 17.8. The second-order valence-electron chi connectivity index (χ2n) is 5.22. The molecule has 6 heteroatoms. The highest BCUT2D eigenvalue weighted by atomic mass is 79.9. The average molecular weight is 398 g/mol. The van der Waals surface area contributed by atoms with E-state index in [1.165, 1.54) is 6.07 Å². The molecule has 23 heavy (non-hydrogen) atoms. The van der Waals surface area contributed by atoms with Crippen molar-refractivity contribution in [2.24, 2.45) is 0 Å². The molecule has 0 saturated heterocycles. The van der Waals surface area contributed by atoms with Crippen LogP contribution in [0, 0.1) is 12.7 Å². The zero-order valence-electron chi connectivity index (χ0n) is 12.6. The van der Waals surface area contributed by atoms with Crippen LogP contribution in [0.2, 0.25) is 0 Å². The summed E-state index contributed by atoms with van der Waals surface area (Å²) in [6.45, 7) is 1.98. The van der Waals surface area contributed by atoms with E-state index in [1.54, 1.807) is 19.1 Å². The Morgan fingerprint density at radius 2 is 1.83 bits per heavy atom. The van der Waals surface area contributed by atoms with Crippen molar-refractivity contribution >= 4 is 32.6 Å². The molecule has 122 valence electrons. The number of hydrogen-bond acceptors (Lipinski definition) is 2. The Bertz CT molecular complexity index is 719. The van der Waals surface area contributed by atoms with Gasteiger partial charge in [0.15, 0.2) is 0 Å². The number of amides is 1. The molecule has 2 rings (SSSR count). The first-order chi connectivity index (χ1) is 10.9. The molecule has 0 aliphatic carbocycles. The molecule has 1 N–H and O–H groups in total. The summed E-state index contributed by atoms with van der Waals surface area (Å²) in [6, 6.07) is 12.2. The first-order valence-corrected chi connectivity index (χ1v) is 9.33. The monoisotopic (exact) mass is 397 g/mol. The molecule has 0 saturated carbocycles. The van der Waals surface area contributed by atoms with Crippen LogP contribution in [0.1, 0.15) is 16.7 Å². The Morgan fingerprint density at radius 3 is 2.48 bits per heavy atom. The second kappa shape index (κ2) is 8.36. The van der Waals surface area contributed by atoms with Gasteiger partial charge in [-0.3, -0.25) is 9.00 Å². The minimum atomic E-state index is -1.26. The van der Waals surface area contributed by atoms with Gasteiger partial charge in [-0.1, -0.05) is 40.2 Å². The predicted molar refractivity (Wildman–Crippen MR) is 93.8 cm³/mol. The zero-order chi connectivity index (χ0) is 16.8. The Balaban J connectivity index is 1.80. The van der Waals surface area contributed by atoms with Crippen LogP contribution in [0.3, 0.4) is 0 Å². The van der Waals surface area contributed by atoms with Gasteiger partial charge in [-0.15, -0.1) is 0 Å². The van der Waals surface area contributed by atoms with Crippen LogP contribution in [0.15, 0.2) is 46.9 Å². The number of hydrogen-bond donors (Lipinski definition) is 1. The molecule has 0 spiro atoms. The molecule has 1 atom stereocenters. The molecule has 0 aliphatic heterocycles. The van der Waals surface area contributed by atoms with Gasteiger partial charge in [-0.05, 0) is 41.8 Å². The van der Waals surface area contributed by atoms with Crippen LogP contribution >= 0.6 is 15.9 Å². The average Bonchev–Trinajstić information content (AvgIpc) is 2.51. The molecule has 1 amide bonds. The summed E-state index contributed by atoms with van der Waals surface area (Å²) in [4.78, 5) is 11.8. The SMILES string of the molecule is Cc1cc(CNC(=O)CS(=O)Cc2ccc(Br)cc2)ccc1F. The van der Waals surface area contributed by atoms with E-state index in [4.69, 9.17) is 0 Å². The summed E-state index contributed by atoms with van der Waals surface area (Å²) >= 11 is 3.34. The Hall–Kier alpha value is -1.53. The van der Waals surface area contributed by atoms with Gasteiger partial charge in [0.25, 0.3) is 0 Å². The van der Waals surface area contributed by atoms with E-state index in [-0.39, 0.29) is 17.5 Å². The van der Waals surface area contributed by atoms with Crippen LogP contribution in [0.5, 0.6) is 0 Å². The molecule has 2 aromatic rings. The van der Waals surface area contributed by atoms with Crippen molar-refractivity contribution < 1.29 is 13.4 Å². The lowest BCUT2D eigenvalue weighted by Gasteiger charge is -2.07. The van der Waals surface area contributed by atoms with Crippen molar-refractivity contribution in [3.8, 4) is 0 Å². The van der Waals surface area contributed by atoms with Gasteiger partial charge in [-0.2, -0.15) is 0 Å². The largest absolute Gasteiger partial charge is 0.351 e. The Labute approximate surface area is 145 Å². The lowest BCUT2D eigenvalue weighted by molar-refractivity contribution is -0.118. The number of nitrogens with one attached hydrogen (secondary N) is 1. The van der Waals surface area contributed by atoms with Gasteiger partial charge >= 0.3 is 0 Å². The fraction of sp³-hybridized carbons (Fsp3) is 0.235. The van der Waals surface area contributed by atoms with Gasteiger partial charge in [0.05, 0.1) is 0 Å². The quantitative estimate of drug-likeness (QED) is 0.810. The lowest BCUT2D eigenvalue weighted by Crippen LogP contribution is -2.28. The summed E-state index contributed by atoms with van der Waals surface area (Å²) in [5.41, 5.74) is 2.28. The third-order valence-corrected chi connectivity index (χ3v) is 5.01. The van der Waals surface area contributed by atoms with Gasteiger partial charge in [0.2, 0.25) is 5.91 Å². The third-order valence-electron chi connectivity index (χ3n) is 3.25. The van der Waals surface area contributed by atoms with Crippen LogP contribution in [-0.4, -0.2) is 15.9 Å². The number of carbonyl (C=O) groups excluding carboxylic acids is 1. The van der Waals surface area contributed by atoms with Crippen molar-refractivity contribution in [1.82, 2.24) is 5.32 Å². The zero-order valence-corrected chi connectivity index (χ0v) is 15.0. The second-order valence-corrected chi connectivity index (χ2v) is 7.59. The standard InChI is InChI=1S/C17H17BrFNO2S/c1-12-8-14(4-7-16(12)19)9-20-17(21)11-23(22)10-13-2-5-15(18)6-3-13/h2-8H,9-11H2,1H3,(H,20,21). The maximum atomic E-state index is 13.2. The van der Waals surface area contributed by atoms with E-state index in [9.17, 15) is 13.4 Å². The summed E-state index contributed by atoms with van der Waals surface area (Å²) in [6.07, 6.45) is 0. The summed E-state index contributed by atoms with van der Waals surface area (Å²) in [7, 11) is -1.26. The van der Waals surface area contributed by atoms with Crippen molar-refractivity contribution in [1.29, 1.82) is 0 Å². The van der Waals surface area contributed by atoms with E-state index in [0.717, 1.165) is 15.6 Å². The minimum Gasteiger partial charge on any atom is -0.351 e. The smallest absolute Gasteiger partial charge is 0.232 e. The molecule has 2 aromatic carbocycles. The highest BCUT2D eigenvalue weighted by Gasteiger charge is 2.09. The molecule has 3 nitrogen and oxygen atoms in total. The van der Waals surface area contributed by atoms with E-state index < -0.39 is 10.8 Å². The summed E-state index contributed by atoms with van der Waals surface area (Å²) < 4.78 is 26.1. The van der Waals surface area contributed by atoms with E-state index in [1.807, 2.05) is 24.3 Å². The minimum absolute atomic E-state index is 0.0454.